The maximum Gasteiger partial charge on any atom is 0.411 e. The van der Waals surface area contributed by atoms with Crippen molar-refractivity contribution in [3.05, 3.63) is 94.2 Å². The van der Waals surface area contributed by atoms with Crippen molar-refractivity contribution >= 4 is 35.2 Å². The Bertz CT molecular complexity index is 1200. The zero-order chi connectivity index (χ0) is 25.7. The van der Waals surface area contributed by atoms with Crippen molar-refractivity contribution in [2.24, 2.45) is 5.92 Å². The van der Waals surface area contributed by atoms with E-state index in [4.69, 9.17) is 14.2 Å². The predicted molar refractivity (Wildman–Crippen MR) is 131 cm³/mol. The van der Waals surface area contributed by atoms with E-state index in [9.17, 15) is 19.2 Å². The van der Waals surface area contributed by atoms with E-state index in [1.807, 2.05) is 60.7 Å². The zero-order valence-corrected chi connectivity index (χ0v) is 20.6. The standard InChI is InChI=1S/C27H25NO7S/c1-33-25(30)22(26(31)34-2)19(16-20(29)21-14-9-15-36-21)28-23(17-10-5-3-6-11-17)24(35-27(28)32)18-12-7-4-8-13-18/h3-15,19,22-24H,16H2,1-2H3/t19-,23+,24-/m1/s1. The summed E-state index contributed by atoms with van der Waals surface area (Å²) in [5.41, 5.74) is 1.46. The Morgan fingerprint density at radius 3 is 2.00 bits per heavy atom. The largest absolute Gasteiger partial charge is 0.468 e. The van der Waals surface area contributed by atoms with Gasteiger partial charge in [0.15, 0.2) is 17.8 Å². The molecule has 1 aliphatic rings. The molecule has 0 N–H and O–H groups in total. The monoisotopic (exact) mass is 507 g/mol. The summed E-state index contributed by atoms with van der Waals surface area (Å²) in [6.07, 6.45) is -1.80. The summed E-state index contributed by atoms with van der Waals surface area (Å²) in [6, 6.07) is 19.8. The third kappa shape index (κ3) is 5.01. The van der Waals surface area contributed by atoms with Gasteiger partial charge >= 0.3 is 18.0 Å². The van der Waals surface area contributed by atoms with Gasteiger partial charge in [-0.25, -0.2) is 4.79 Å². The van der Waals surface area contributed by atoms with E-state index >= 15 is 0 Å². The summed E-state index contributed by atoms with van der Waals surface area (Å²) in [6.45, 7) is 0. The van der Waals surface area contributed by atoms with Crippen LogP contribution in [0.15, 0.2) is 78.2 Å². The van der Waals surface area contributed by atoms with Crippen LogP contribution in [0, 0.1) is 5.92 Å². The number of rotatable bonds is 9. The van der Waals surface area contributed by atoms with Gasteiger partial charge in [-0.1, -0.05) is 66.7 Å². The number of methoxy groups -OCH3 is 2. The number of cyclic esters (lactones) is 1. The van der Waals surface area contributed by atoms with Gasteiger partial charge in [0.1, 0.15) is 6.04 Å². The number of amides is 1. The molecule has 2 aromatic carbocycles. The lowest BCUT2D eigenvalue weighted by atomic mass is 9.88. The van der Waals surface area contributed by atoms with Gasteiger partial charge in [-0.05, 0) is 22.6 Å². The van der Waals surface area contributed by atoms with Crippen molar-refractivity contribution in [2.75, 3.05) is 14.2 Å². The highest BCUT2D eigenvalue weighted by atomic mass is 32.1. The number of thiophene rings is 1. The van der Waals surface area contributed by atoms with E-state index in [-0.39, 0.29) is 12.2 Å². The second-order valence-electron chi connectivity index (χ2n) is 8.17. The molecular formula is C27H25NO7S. The fourth-order valence-electron chi connectivity index (χ4n) is 4.48. The van der Waals surface area contributed by atoms with Crippen LogP contribution in [0.1, 0.15) is 39.4 Å². The molecule has 8 nitrogen and oxygen atoms in total. The predicted octanol–water partition coefficient (Wildman–Crippen LogP) is 4.59. The van der Waals surface area contributed by atoms with E-state index in [1.54, 1.807) is 17.5 Å². The summed E-state index contributed by atoms with van der Waals surface area (Å²) in [4.78, 5) is 54.2. The minimum absolute atomic E-state index is 0.310. The number of ether oxygens (including phenoxy) is 3. The van der Waals surface area contributed by atoms with E-state index < -0.39 is 42.1 Å². The molecule has 1 aliphatic heterocycles. The van der Waals surface area contributed by atoms with Crippen molar-refractivity contribution in [1.82, 2.24) is 4.90 Å². The molecule has 3 atom stereocenters. The number of Topliss-reactive ketones (excluding diaryl/α,β-unsaturated/α-hetero) is 1. The lowest BCUT2D eigenvalue weighted by Gasteiger charge is -2.34. The summed E-state index contributed by atoms with van der Waals surface area (Å²) >= 11 is 1.23. The summed E-state index contributed by atoms with van der Waals surface area (Å²) in [7, 11) is 2.28. The Hall–Kier alpha value is -3.98. The molecule has 186 valence electrons. The summed E-state index contributed by atoms with van der Waals surface area (Å²) in [5.74, 6) is -3.70. The fourth-order valence-corrected chi connectivity index (χ4v) is 5.16. The molecule has 1 aromatic heterocycles. The van der Waals surface area contributed by atoms with Crippen LogP contribution in [0.5, 0.6) is 0 Å². The van der Waals surface area contributed by atoms with Crippen LogP contribution in [0.3, 0.4) is 0 Å². The summed E-state index contributed by atoms with van der Waals surface area (Å²) < 4.78 is 15.6. The van der Waals surface area contributed by atoms with Gasteiger partial charge in [-0.2, -0.15) is 0 Å². The first-order valence-corrected chi connectivity index (χ1v) is 12.2. The van der Waals surface area contributed by atoms with Crippen LogP contribution < -0.4 is 0 Å². The number of nitrogens with zero attached hydrogens (tertiary/aromatic N) is 1. The maximum absolute atomic E-state index is 13.5. The Morgan fingerprint density at radius 2 is 1.47 bits per heavy atom. The smallest absolute Gasteiger partial charge is 0.411 e. The second kappa shape index (κ2) is 11.2. The average molecular weight is 508 g/mol. The van der Waals surface area contributed by atoms with Crippen LogP contribution in [0.4, 0.5) is 4.79 Å². The van der Waals surface area contributed by atoms with E-state index in [1.165, 1.54) is 16.2 Å². The van der Waals surface area contributed by atoms with E-state index in [2.05, 4.69) is 0 Å². The minimum atomic E-state index is -1.56. The molecule has 0 spiro atoms. The molecule has 36 heavy (non-hydrogen) atoms. The highest BCUT2D eigenvalue weighted by Crippen LogP contribution is 2.46. The molecule has 0 bridgehead atoms. The van der Waals surface area contributed by atoms with Crippen LogP contribution >= 0.6 is 11.3 Å². The zero-order valence-electron chi connectivity index (χ0n) is 19.7. The molecule has 1 fully saturated rings. The second-order valence-corrected chi connectivity index (χ2v) is 9.12. The van der Waals surface area contributed by atoms with Gasteiger partial charge < -0.3 is 14.2 Å². The highest BCUT2D eigenvalue weighted by Gasteiger charge is 2.52. The number of benzene rings is 2. The van der Waals surface area contributed by atoms with Crippen molar-refractivity contribution in [1.29, 1.82) is 0 Å². The Balaban J connectivity index is 1.85. The lowest BCUT2D eigenvalue weighted by molar-refractivity contribution is -0.161. The Labute approximate surface area is 212 Å². The van der Waals surface area contributed by atoms with E-state index in [0.717, 1.165) is 25.3 Å². The SMILES string of the molecule is COC(=O)C(C(=O)OC)[C@@H](CC(=O)c1cccs1)N1C(=O)O[C@H](c2ccccc2)[C@@H]1c1ccccc1. The van der Waals surface area contributed by atoms with Crippen molar-refractivity contribution in [3.8, 4) is 0 Å². The topological polar surface area (TPSA) is 99.2 Å². The van der Waals surface area contributed by atoms with Crippen molar-refractivity contribution < 1.29 is 33.4 Å². The van der Waals surface area contributed by atoms with Gasteiger partial charge in [0.05, 0.1) is 25.1 Å². The maximum atomic E-state index is 13.5. The molecule has 4 rings (SSSR count). The molecule has 1 amide bonds. The fraction of sp³-hybridized carbons (Fsp3) is 0.259. The third-order valence-corrected chi connectivity index (χ3v) is 7.05. The molecule has 2 heterocycles. The first kappa shape index (κ1) is 25.1. The molecule has 0 radical (unpaired) electrons. The van der Waals surface area contributed by atoms with Gasteiger partial charge in [-0.15, -0.1) is 11.3 Å². The molecular weight excluding hydrogens is 482 g/mol. The van der Waals surface area contributed by atoms with Gasteiger partial charge in [0.25, 0.3) is 0 Å². The first-order chi connectivity index (χ1) is 17.5. The molecule has 0 aliphatic carbocycles. The highest BCUT2D eigenvalue weighted by molar-refractivity contribution is 7.12. The number of hydrogen-bond donors (Lipinski definition) is 0. The molecule has 9 heteroatoms. The van der Waals surface area contributed by atoms with Gasteiger partial charge in [-0.3, -0.25) is 19.3 Å². The number of esters is 2. The quantitative estimate of drug-likeness (QED) is 0.181. The molecule has 0 saturated carbocycles. The molecule has 3 aromatic rings. The van der Waals surface area contributed by atoms with Gasteiger partial charge in [0, 0.05) is 6.42 Å². The van der Waals surface area contributed by atoms with Crippen molar-refractivity contribution in [2.45, 2.75) is 24.6 Å². The third-order valence-electron chi connectivity index (χ3n) is 6.14. The van der Waals surface area contributed by atoms with Gasteiger partial charge in [0.2, 0.25) is 0 Å². The number of carbonyl (C=O) groups excluding carboxylic acids is 4. The van der Waals surface area contributed by atoms with E-state index in [0.29, 0.717) is 4.88 Å². The lowest BCUT2D eigenvalue weighted by Crippen LogP contribution is -2.50. The van der Waals surface area contributed by atoms with Crippen LogP contribution in [0.25, 0.3) is 0 Å². The number of ketones is 1. The van der Waals surface area contributed by atoms with Crippen LogP contribution in [0.2, 0.25) is 0 Å². The first-order valence-electron chi connectivity index (χ1n) is 11.3. The molecule has 1 saturated heterocycles. The molecule has 0 unspecified atom stereocenters. The van der Waals surface area contributed by atoms with Crippen molar-refractivity contribution in [3.63, 3.8) is 0 Å². The summed E-state index contributed by atoms with van der Waals surface area (Å²) in [5, 5.41) is 1.75. The normalized spacial score (nSPS) is 18.0. The number of hydrogen-bond acceptors (Lipinski definition) is 8. The Morgan fingerprint density at radius 1 is 0.889 bits per heavy atom. The van der Waals surface area contributed by atoms with Crippen LogP contribution in [-0.4, -0.2) is 49.0 Å². The average Bonchev–Trinajstić information content (AvgIpc) is 3.57. The van der Waals surface area contributed by atoms with Crippen LogP contribution in [-0.2, 0) is 23.8 Å². The number of carbonyl (C=O) groups is 4. The Kier molecular flexibility index (Phi) is 7.80. The minimum Gasteiger partial charge on any atom is -0.468 e.